The third kappa shape index (κ3) is 5.18. The van der Waals surface area contributed by atoms with Crippen LogP contribution in [0.4, 0.5) is 0 Å². The highest BCUT2D eigenvalue weighted by Crippen LogP contribution is 2.35. The van der Waals surface area contributed by atoms with Crippen LogP contribution in [-0.2, 0) is 16.1 Å². The molecule has 2 aromatic rings. The fraction of sp³-hybridized carbons (Fsp3) is 0.500. The van der Waals surface area contributed by atoms with E-state index in [1.165, 1.54) is 5.69 Å². The van der Waals surface area contributed by atoms with Crippen LogP contribution in [-0.4, -0.2) is 72.8 Å². The maximum atomic E-state index is 12.7. The first kappa shape index (κ1) is 21.7. The first-order valence-electron chi connectivity index (χ1n) is 10.5. The van der Waals surface area contributed by atoms with Gasteiger partial charge in [0.25, 0.3) is 0 Å². The van der Waals surface area contributed by atoms with E-state index < -0.39 is 0 Å². The number of rotatable bonds is 7. The van der Waals surface area contributed by atoms with Gasteiger partial charge in [-0.2, -0.15) is 0 Å². The summed E-state index contributed by atoms with van der Waals surface area (Å²) in [5.74, 6) is 0.0574. The lowest BCUT2D eigenvalue weighted by Crippen LogP contribution is -2.45. The summed E-state index contributed by atoms with van der Waals surface area (Å²) >= 11 is 12.4. The van der Waals surface area contributed by atoms with Gasteiger partial charge in [0.05, 0.1) is 35.8 Å². The van der Waals surface area contributed by atoms with Crippen molar-refractivity contribution < 1.29 is 9.53 Å². The van der Waals surface area contributed by atoms with Gasteiger partial charge in [0, 0.05) is 44.6 Å². The van der Waals surface area contributed by atoms with Crippen molar-refractivity contribution in [3.63, 3.8) is 0 Å². The predicted molar refractivity (Wildman–Crippen MR) is 119 cm³/mol. The monoisotopic (exact) mass is 450 g/mol. The molecule has 162 valence electrons. The smallest absolute Gasteiger partial charge is 0.234 e. The molecule has 1 fully saturated rings. The van der Waals surface area contributed by atoms with Crippen molar-refractivity contribution in [2.45, 2.75) is 19.0 Å². The van der Waals surface area contributed by atoms with Crippen molar-refractivity contribution in [2.24, 2.45) is 0 Å². The Kier molecular flexibility index (Phi) is 7.33. The van der Waals surface area contributed by atoms with Gasteiger partial charge in [0.1, 0.15) is 0 Å². The Morgan fingerprint density at radius 3 is 2.73 bits per heavy atom. The van der Waals surface area contributed by atoms with E-state index >= 15 is 0 Å². The van der Waals surface area contributed by atoms with Crippen molar-refractivity contribution >= 4 is 29.1 Å². The molecular formula is C22H28Cl2N4O2. The van der Waals surface area contributed by atoms with Crippen molar-refractivity contribution in [3.05, 3.63) is 57.8 Å². The summed E-state index contributed by atoms with van der Waals surface area (Å²) in [5, 5.41) is 4.16. The lowest BCUT2D eigenvalue weighted by Gasteiger charge is -2.37. The molecule has 8 heteroatoms. The molecule has 0 bridgehead atoms. The van der Waals surface area contributed by atoms with Gasteiger partial charge in [-0.1, -0.05) is 29.3 Å². The number of fused-ring (bicyclic) bond motifs is 1. The summed E-state index contributed by atoms with van der Waals surface area (Å²) < 4.78 is 7.61. The molecule has 6 nitrogen and oxygen atoms in total. The summed E-state index contributed by atoms with van der Waals surface area (Å²) in [6.07, 6.45) is 3.04. The molecule has 2 aliphatic rings. The van der Waals surface area contributed by atoms with E-state index in [4.69, 9.17) is 27.9 Å². The summed E-state index contributed by atoms with van der Waals surface area (Å²) in [7, 11) is 0. The van der Waals surface area contributed by atoms with Crippen molar-refractivity contribution in [1.29, 1.82) is 0 Å². The number of carbonyl (C=O) groups is 1. The summed E-state index contributed by atoms with van der Waals surface area (Å²) in [6, 6.07) is 9.86. The SMILES string of the molecule is O=C(CN1CCn2cccc2C1c1ccc(Cl)c(Cl)c1)NCCCN1CCOCC1. The zero-order chi connectivity index (χ0) is 20.9. The first-order valence-corrected chi connectivity index (χ1v) is 11.3. The van der Waals surface area contributed by atoms with Crippen LogP contribution in [0.15, 0.2) is 36.5 Å². The summed E-state index contributed by atoms with van der Waals surface area (Å²) in [4.78, 5) is 17.3. The summed E-state index contributed by atoms with van der Waals surface area (Å²) in [6.45, 7) is 7.27. The van der Waals surface area contributed by atoms with Crippen LogP contribution in [0.3, 0.4) is 0 Å². The van der Waals surface area contributed by atoms with E-state index in [0.717, 1.165) is 57.9 Å². The van der Waals surface area contributed by atoms with Crippen molar-refractivity contribution in [1.82, 2.24) is 19.7 Å². The number of benzene rings is 1. The quantitative estimate of drug-likeness (QED) is 0.658. The Bertz CT molecular complexity index is 867. The van der Waals surface area contributed by atoms with Crippen molar-refractivity contribution in [2.75, 3.05) is 52.5 Å². The van der Waals surface area contributed by atoms with Gasteiger partial charge in [-0.3, -0.25) is 14.6 Å². The highest BCUT2D eigenvalue weighted by molar-refractivity contribution is 6.42. The minimum atomic E-state index is -0.0254. The molecule has 0 radical (unpaired) electrons. The van der Waals surface area contributed by atoms with E-state index in [2.05, 4.69) is 38.0 Å². The largest absolute Gasteiger partial charge is 0.379 e. The van der Waals surface area contributed by atoms with Gasteiger partial charge >= 0.3 is 0 Å². The van der Waals surface area contributed by atoms with Crippen LogP contribution in [0.5, 0.6) is 0 Å². The van der Waals surface area contributed by atoms with Gasteiger partial charge in [-0.25, -0.2) is 0 Å². The first-order chi connectivity index (χ1) is 14.6. The lowest BCUT2D eigenvalue weighted by atomic mass is 10.00. The minimum absolute atomic E-state index is 0.0254. The second-order valence-electron chi connectivity index (χ2n) is 7.83. The maximum Gasteiger partial charge on any atom is 0.234 e. The number of morpholine rings is 1. The summed E-state index contributed by atoms with van der Waals surface area (Å²) in [5.41, 5.74) is 2.21. The number of hydrogen-bond acceptors (Lipinski definition) is 4. The molecule has 1 aromatic heterocycles. The van der Waals surface area contributed by atoms with Crippen LogP contribution in [0.25, 0.3) is 0 Å². The Balaban J connectivity index is 1.36. The van der Waals surface area contributed by atoms with Gasteiger partial charge in [0.15, 0.2) is 0 Å². The fourth-order valence-corrected chi connectivity index (χ4v) is 4.57. The van der Waals surface area contributed by atoms with Gasteiger partial charge in [0.2, 0.25) is 5.91 Å². The molecule has 1 unspecified atom stereocenters. The Hall–Kier alpha value is -1.57. The lowest BCUT2D eigenvalue weighted by molar-refractivity contribution is -0.122. The second kappa shape index (κ2) is 10.2. The van der Waals surface area contributed by atoms with Crippen LogP contribution in [0.2, 0.25) is 10.0 Å². The third-order valence-corrected chi connectivity index (χ3v) is 6.56. The highest BCUT2D eigenvalue weighted by Gasteiger charge is 2.30. The Morgan fingerprint density at radius 2 is 1.93 bits per heavy atom. The Labute approximate surface area is 187 Å². The van der Waals surface area contributed by atoms with Crippen LogP contribution in [0.1, 0.15) is 23.7 Å². The van der Waals surface area contributed by atoms with E-state index in [1.807, 2.05) is 18.2 Å². The van der Waals surface area contributed by atoms with Gasteiger partial charge in [-0.05, 0) is 42.8 Å². The zero-order valence-electron chi connectivity index (χ0n) is 17.0. The topological polar surface area (TPSA) is 49.7 Å². The van der Waals surface area contributed by atoms with Crippen LogP contribution >= 0.6 is 23.2 Å². The molecule has 1 N–H and O–H groups in total. The van der Waals surface area contributed by atoms with E-state index in [1.54, 1.807) is 0 Å². The zero-order valence-corrected chi connectivity index (χ0v) is 18.5. The molecule has 2 aliphatic heterocycles. The number of halogens is 2. The molecule has 0 spiro atoms. The molecular weight excluding hydrogens is 423 g/mol. The Morgan fingerprint density at radius 1 is 1.10 bits per heavy atom. The number of amides is 1. The number of nitrogens with one attached hydrogen (secondary N) is 1. The molecule has 3 heterocycles. The van der Waals surface area contributed by atoms with Crippen molar-refractivity contribution in [3.8, 4) is 0 Å². The van der Waals surface area contributed by atoms with Gasteiger partial charge < -0.3 is 14.6 Å². The molecule has 30 heavy (non-hydrogen) atoms. The molecule has 1 saturated heterocycles. The standard InChI is InChI=1S/C22H28Cl2N4O2/c23-18-5-4-17(15-19(18)24)22-20-3-1-8-27(20)9-10-28(22)16-21(29)25-6-2-7-26-11-13-30-14-12-26/h1,3-5,8,15,22H,2,6-7,9-14,16H2,(H,25,29). The molecule has 1 aromatic carbocycles. The van der Waals surface area contributed by atoms with E-state index in [0.29, 0.717) is 23.1 Å². The number of hydrogen-bond donors (Lipinski definition) is 1. The molecule has 0 saturated carbocycles. The van der Waals surface area contributed by atoms with Crippen LogP contribution < -0.4 is 5.32 Å². The molecule has 0 aliphatic carbocycles. The number of aromatic nitrogens is 1. The second-order valence-corrected chi connectivity index (χ2v) is 8.64. The predicted octanol–water partition coefficient (Wildman–Crippen LogP) is 3.04. The molecule has 1 atom stereocenters. The van der Waals surface area contributed by atoms with Crippen LogP contribution in [0, 0.1) is 0 Å². The minimum Gasteiger partial charge on any atom is -0.379 e. The molecule has 1 amide bonds. The number of nitrogens with zero attached hydrogens (tertiary/aromatic N) is 3. The fourth-order valence-electron chi connectivity index (χ4n) is 4.26. The number of carbonyl (C=O) groups excluding carboxylic acids is 1. The van der Waals surface area contributed by atoms with E-state index in [-0.39, 0.29) is 11.9 Å². The third-order valence-electron chi connectivity index (χ3n) is 5.82. The normalized spacial score (nSPS) is 20.1. The average molecular weight is 451 g/mol. The molecule has 4 rings (SSSR count). The highest BCUT2D eigenvalue weighted by atomic mass is 35.5. The number of ether oxygens (including phenoxy) is 1. The maximum absolute atomic E-state index is 12.7. The van der Waals surface area contributed by atoms with E-state index in [9.17, 15) is 4.79 Å². The average Bonchev–Trinajstić information content (AvgIpc) is 3.23. The van der Waals surface area contributed by atoms with Gasteiger partial charge in [-0.15, -0.1) is 0 Å².